The van der Waals surface area contributed by atoms with Gasteiger partial charge in [0.05, 0.1) is 16.8 Å². The predicted octanol–water partition coefficient (Wildman–Crippen LogP) is 4.02. The van der Waals surface area contributed by atoms with Gasteiger partial charge in [0, 0.05) is 32.0 Å². The van der Waals surface area contributed by atoms with Crippen molar-refractivity contribution in [2.75, 3.05) is 30.1 Å². The van der Waals surface area contributed by atoms with Crippen LogP contribution in [0.4, 0.5) is 11.4 Å². The van der Waals surface area contributed by atoms with Gasteiger partial charge in [-0.25, -0.2) is 4.98 Å². The first-order valence-electron chi connectivity index (χ1n) is 8.34. The fraction of sp³-hybridized carbons (Fsp3) is 0.200. The van der Waals surface area contributed by atoms with Crippen LogP contribution in [0.2, 0.25) is 0 Å². The summed E-state index contributed by atoms with van der Waals surface area (Å²) in [6.07, 6.45) is 1.84. The first kappa shape index (κ1) is 18.1. The number of allylic oxidation sites excluding steroid dienone is 1. The van der Waals surface area contributed by atoms with Crippen molar-refractivity contribution in [3.63, 3.8) is 0 Å². The number of nitrogens with one attached hydrogen (secondary N) is 1. The minimum atomic E-state index is -0.0511. The lowest BCUT2D eigenvalue weighted by molar-refractivity contribution is -0.113. The number of hydrogen-bond donors (Lipinski definition) is 1. The zero-order chi connectivity index (χ0) is 18.5. The van der Waals surface area contributed by atoms with E-state index in [1.54, 1.807) is 0 Å². The van der Waals surface area contributed by atoms with Crippen LogP contribution in [-0.2, 0) is 11.3 Å². The summed E-state index contributed by atoms with van der Waals surface area (Å²) in [6, 6.07) is 15.7. The van der Waals surface area contributed by atoms with Gasteiger partial charge >= 0.3 is 0 Å². The van der Waals surface area contributed by atoms with Crippen molar-refractivity contribution in [3.8, 4) is 0 Å². The molecule has 0 aliphatic heterocycles. The summed E-state index contributed by atoms with van der Waals surface area (Å²) < 4.78 is 2.08. The van der Waals surface area contributed by atoms with Crippen molar-refractivity contribution < 1.29 is 4.79 Å². The van der Waals surface area contributed by atoms with Crippen LogP contribution in [0.25, 0.3) is 11.0 Å². The Balaban J connectivity index is 1.66. The highest BCUT2D eigenvalue weighted by Gasteiger charge is 2.12. The third kappa shape index (κ3) is 4.08. The van der Waals surface area contributed by atoms with Gasteiger partial charge < -0.3 is 14.8 Å². The van der Waals surface area contributed by atoms with E-state index in [2.05, 4.69) is 21.4 Å². The Labute approximate surface area is 157 Å². The van der Waals surface area contributed by atoms with Crippen molar-refractivity contribution in [2.45, 2.75) is 11.7 Å². The molecule has 0 fully saturated rings. The molecule has 3 rings (SSSR count). The second-order valence-electron chi connectivity index (χ2n) is 6.06. The molecule has 0 bridgehead atoms. The first-order valence-corrected chi connectivity index (χ1v) is 9.33. The maximum Gasteiger partial charge on any atom is 0.234 e. The van der Waals surface area contributed by atoms with E-state index >= 15 is 0 Å². The Morgan fingerprint density at radius 1 is 1.23 bits per heavy atom. The number of anilines is 2. The van der Waals surface area contributed by atoms with Crippen LogP contribution in [0, 0.1) is 0 Å². The van der Waals surface area contributed by atoms with Crippen LogP contribution in [0.1, 0.15) is 0 Å². The normalized spacial score (nSPS) is 10.7. The summed E-state index contributed by atoms with van der Waals surface area (Å²) in [4.78, 5) is 18.9. The Kier molecular flexibility index (Phi) is 5.63. The summed E-state index contributed by atoms with van der Waals surface area (Å²) in [6.45, 7) is 4.48. The van der Waals surface area contributed by atoms with Crippen LogP contribution in [0.3, 0.4) is 0 Å². The minimum Gasteiger partial charge on any atom is -0.378 e. The topological polar surface area (TPSA) is 50.2 Å². The van der Waals surface area contributed by atoms with Crippen molar-refractivity contribution in [2.24, 2.45) is 0 Å². The molecule has 0 aliphatic rings. The van der Waals surface area contributed by atoms with Crippen molar-refractivity contribution in [3.05, 3.63) is 61.2 Å². The summed E-state index contributed by atoms with van der Waals surface area (Å²) in [7, 11) is 3.97. The molecule has 2 aromatic carbocycles. The second kappa shape index (κ2) is 8.10. The number of amides is 1. The van der Waals surface area contributed by atoms with E-state index < -0.39 is 0 Å². The standard InChI is InChI=1S/C20H22N4OS/c1-4-13-24-18-8-6-5-7-17(18)22-20(24)26-14-19(25)21-15-9-11-16(12-10-15)23(2)3/h4-12H,1,13-14H2,2-3H3,(H,21,25). The zero-order valence-corrected chi connectivity index (χ0v) is 15.8. The number of nitrogens with zero attached hydrogens (tertiary/aromatic N) is 3. The smallest absolute Gasteiger partial charge is 0.234 e. The van der Waals surface area contributed by atoms with E-state index in [1.165, 1.54) is 11.8 Å². The lowest BCUT2D eigenvalue weighted by atomic mass is 10.2. The minimum absolute atomic E-state index is 0.0511. The van der Waals surface area contributed by atoms with Crippen LogP contribution in [-0.4, -0.2) is 35.3 Å². The molecule has 1 aromatic heterocycles. The molecule has 0 saturated carbocycles. The average molecular weight is 366 g/mol. The highest BCUT2D eigenvalue weighted by atomic mass is 32.2. The molecule has 134 valence electrons. The average Bonchev–Trinajstić information content (AvgIpc) is 2.99. The van der Waals surface area contributed by atoms with Crippen LogP contribution < -0.4 is 10.2 Å². The lowest BCUT2D eigenvalue weighted by Gasteiger charge is -2.13. The largest absolute Gasteiger partial charge is 0.378 e. The molecule has 0 saturated heterocycles. The number of carbonyl (C=O) groups excluding carboxylic acids is 1. The van der Waals surface area contributed by atoms with E-state index in [0.717, 1.165) is 27.6 Å². The second-order valence-corrected chi connectivity index (χ2v) is 7.00. The van der Waals surface area contributed by atoms with Gasteiger partial charge in [0.2, 0.25) is 5.91 Å². The molecule has 5 nitrogen and oxygen atoms in total. The molecule has 1 N–H and O–H groups in total. The predicted molar refractivity (Wildman–Crippen MR) is 110 cm³/mol. The Morgan fingerprint density at radius 2 is 1.96 bits per heavy atom. The molecule has 0 radical (unpaired) electrons. The van der Waals surface area contributed by atoms with Crippen LogP contribution in [0.5, 0.6) is 0 Å². The van der Waals surface area contributed by atoms with E-state index in [1.807, 2.05) is 73.6 Å². The summed E-state index contributed by atoms with van der Waals surface area (Å²) in [5.74, 6) is 0.250. The van der Waals surface area contributed by atoms with Crippen LogP contribution >= 0.6 is 11.8 Å². The van der Waals surface area contributed by atoms with Crippen molar-refractivity contribution in [1.82, 2.24) is 9.55 Å². The molecule has 26 heavy (non-hydrogen) atoms. The van der Waals surface area contributed by atoms with Gasteiger partial charge in [0.1, 0.15) is 0 Å². The number of imidazole rings is 1. The molecule has 0 aliphatic carbocycles. The fourth-order valence-corrected chi connectivity index (χ4v) is 3.46. The molecule has 1 heterocycles. The van der Waals surface area contributed by atoms with Gasteiger partial charge in [-0.15, -0.1) is 6.58 Å². The number of carbonyl (C=O) groups is 1. The molecule has 0 unspecified atom stereocenters. The van der Waals surface area contributed by atoms with Gasteiger partial charge in [-0.2, -0.15) is 0 Å². The zero-order valence-electron chi connectivity index (χ0n) is 15.0. The number of aromatic nitrogens is 2. The van der Waals surface area contributed by atoms with E-state index in [0.29, 0.717) is 12.3 Å². The third-order valence-electron chi connectivity index (χ3n) is 3.93. The van der Waals surface area contributed by atoms with Gasteiger partial charge in [0.15, 0.2) is 5.16 Å². The highest BCUT2D eigenvalue weighted by Crippen LogP contribution is 2.24. The maximum absolute atomic E-state index is 12.3. The number of hydrogen-bond acceptors (Lipinski definition) is 4. The Hall–Kier alpha value is -2.73. The van der Waals surface area contributed by atoms with E-state index in [4.69, 9.17) is 0 Å². The van der Waals surface area contributed by atoms with Gasteiger partial charge in [0.25, 0.3) is 0 Å². The molecule has 3 aromatic rings. The molecular formula is C20H22N4OS. The van der Waals surface area contributed by atoms with E-state index in [9.17, 15) is 4.79 Å². The summed E-state index contributed by atoms with van der Waals surface area (Å²) >= 11 is 1.43. The molecule has 0 atom stereocenters. The number of rotatable bonds is 7. The lowest BCUT2D eigenvalue weighted by Crippen LogP contribution is -2.15. The van der Waals surface area contributed by atoms with Crippen molar-refractivity contribution >= 4 is 40.1 Å². The van der Waals surface area contributed by atoms with E-state index in [-0.39, 0.29) is 5.91 Å². The Morgan fingerprint density at radius 3 is 2.65 bits per heavy atom. The van der Waals surface area contributed by atoms with Gasteiger partial charge in [-0.1, -0.05) is 30.0 Å². The number of fused-ring (bicyclic) bond motifs is 1. The quantitative estimate of drug-likeness (QED) is 0.507. The maximum atomic E-state index is 12.3. The molecule has 0 spiro atoms. The molecular weight excluding hydrogens is 344 g/mol. The van der Waals surface area contributed by atoms with Crippen LogP contribution in [0.15, 0.2) is 66.3 Å². The number of benzene rings is 2. The van der Waals surface area contributed by atoms with Gasteiger partial charge in [-0.3, -0.25) is 4.79 Å². The fourth-order valence-electron chi connectivity index (χ4n) is 2.64. The Bertz CT molecular complexity index is 915. The van der Waals surface area contributed by atoms with Gasteiger partial charge in [-0.05, 0) is 36.4 Å². The molecule has 6 heteroatoms. The van der Waals surface area contributed by atoms with Crippen molar-refractivity contribution in [1.29, 1.82) is 0 Å². The number of para-hydroxylation sites is 2. The highest BCUT2D eigenvalue weighted by molar-refractivity contribution is 7.99. The number of thioether (sulfide) groups is 1. The third-order valence-corrected chi connectivity index (χ3v) is 4.91. The summed E-state index contributed by atoms with van der Waals surface area (Å²) in [5, 5.41) is 3.75. The first-order chi connectivity index (χ1) is 12.6. The summed E-state index contributed by atoms with van der Waals surface area (Å²) in [5.41, 5.74) is 3.86. The monoisotopic (exact) mass is 366 g/mol. The molecule has 1 amide bonds. The SMILES string of the molecule is C=CCn1c(SCC(=O)Nc2ccc(N(C)C)cc2)nc2ccccc21.